The molecule has 0 aromatic heterocycles. The van der Waals surface area contributed by atoms with Crippen molar-refractivity contribution in [2.75, 3.05) is 0 Å². The van der Waals surface area contributed by atoms with Crippen molar-refractivity contribution in [3.8, 4) is 0 Å². The van der Waals surface area contributed by atoms with Crippen LogP contribution in [0.3, 0.4) is 0 Å². The maximum Gasteiger partial charge on any atom is 0.321 e. The number of rotatable bonds is 3. The average Bonchev–Trinajstić information content (AvgIpc) is 1.84. The van der Waals surface area contributed by atoms with Crippen molar-refractivity contribution >= 4 is 23.7 Å². The zero-order valence-electron chi connectivity index (χ0n) is 5.44. The van der Waals surface area contributed by atoms with Crippen molar-refractivity contribution in [2.24, 2.45) is 11.7 Å². The van der Waals surface area contributed by atoms with Crippen molar-refractivity contribution in [1.29, 1.82) is 0 Å². The lowest BCUT2D eigenvalue weighted by Crippen LogP contribution is -2.39. The molecule has 0 aromatic rings. The molecule has 0 fully saturated rings. The molecule has 0 spiro atoms. The number of carbonyl (C=O) groups excluding carboxylic acids is 1. The van der Waals surface area contributed by atoms with Gasteiger partial charge in [0.05, 0.1) is 5.92 Å². The Bertz CT molecular complexity index is 141. The van der Waals surface area contributed by atoms with E-state index in [1.165, 1.54) is 6.92 Å². The molecular weight excluding hydrogens is 154 g/mol. The molecule has 0 heterocycles. The molecule has 0 saturated carbocycles. The van der Waals surface area contributed by atoms with Gasteiger partial charge in [-0.05, 0) is 0 Å². The van der Waals surface area contributed by atoms with Crippen LogP contribution in [0, 0.1) is 5.92 Å². The monoisotopic (exact) mass is 163 g/mol. The van der Waals surface area contributed by atoms with Gasteiger partial charge >= 0.3 is 5.97 Å². The first-order valence-corrected chi connectivity index (χ1v) is 3.12. The summed E-state index contributed by atoms with van der Waals surface area (Å²) in [7, 11) is 0. The van der Waals surface area contributed by atoms with E-state index in [0.717, 1.165) is 0 Å². The lowest BCUT2D eigenvalue weighted by Gasteiger charge is -2.10. The number of carboxylic acid groups (broad SMARTS) is 1. The minimum Gasteiger partial charge on any atom is -0.480 e. The predicted molar refractivity (Wildman–Crippen MR) is 38.8 cm³/mol. The first kappa shape index (κ1) is 9.45. The third kappa shape index (κ3) is 2.36. The maximum atomic E-state index is 10.4. The van der Waals surface area contributed by atoms with Gasteiger partial charge in [-0.3, -0.25) is 9.59 Å². The Morgan fingerprint density at radius 3 is 2.10 bits per heavy atom. The van der Waals surface area contributed by atoms with Gasteiger partial charge in [-0.1, -0.05) is 6.92 Å². The molecule has 5 heteroatoms. The first-order valence-electron chi connectivity index (χ1n) is 2.68. The van der Waals surface area contributed by atoms with Crippen LogP contribution in [0.15, 0.2) is 0 Å². The van der Waals surface area contributed by atoms with Crippen molar-refractivity contribution in [2.45, 2.75) is 13.0 Å². The minimum absolute atomic E-state index is 0.505. The Morgan fingerprint density at radius 1 is 1.60 bits per heavy atom. The lowest BCUT2D eigenvalue weighted by atomic mass is 10.1. The molecular formula is C5H9NO3S. The van der Waals surface area contributed by atoms with Gasteiger partial charge in [0, 0.05) is 0 Å². The smallest absolute Gasteiger partial charge is 0.321 e. The third-order valence-corrected chi connectivity index (χ3v) is 1.62. The van der Waals surface area contributed by atoms with Crippen LogP contribution in [-0.4, -0.2) is 22.2 Å². The summed E-state index contributed by atoms with van der Waals surface area (Å²) in [5, 5.41) is 7.79. The van der Waals surface area contributed by atoms with E-state index in [4.69, 9.17) is 10.8 Å². The number of carboxylic acids is 1. The lowest BCUT2D eigenvalue weighted by molar-refractivity contribution is -0.141. The molecule has 0 rings (SSSR count). The molecule has 2 unspecified atom stereocenters. The van der Waals surface area contributed by atoms with E-state index in [-0.39, 0.29) is 0 Å². The van der Waals surface area contributed by atoms with Gasteiger partial charge in [0.15, 0.2) is 5.12 Å². The van der Waals surface area contributed by atoms with Crippen LogP contribution in [0.4, 0.5) is 0 Å². The molecule has 0 saturated heterocycles. The van der Waals surface area contributed by atoms with E-state index >= 15 is 0 Å². The van der Waals surface area contributed by atoms with E-state index in [1.54, 1.807) is 0 Å². The molecule has 0 aliphatic rings. The Kier molecular flexibility index (Phi) is 3.38. The highest BCUT2D eigenvalue weighted by atomic mass is 32.1. The van der Waals surface area contributed by atoms with E-state index in [9.17, 15) is 9.59 Å². The van der Waals surface area contributed by atoms with Gasteiger partial charge in [0.2, 0.25) is 0 Å². The molecule has 10 heavy (non-hydrogen) atoms. The molecule has 0 aliphatic carbocycles. The largest absolute Gasteiger partial charge is 0.480 e. The van der Waals surface area contributed by atoms with Crippen LogP contribution >= 0.6 is 12.6 Å². The summed E-state index contributed by atoms with van der Waals surface area (Å²) >= 11 is 3.44. The SMILES string of the molecule is CC(C(=O)S)C(N)C(=O)O. The van der Waals surface area contributed by atoms with Crippen molar-refractivity contribution in [1.82, 2.24) is 0 Å². The topological polar surface area (TPSA) is 80.4 Å². The number of aliphatic carboxylic acids is 1. The number of hydrogen-bond donors (Lipinski definition) is 3. The highest BCUT2D eigenvalue weighted by Crippen LogP contribution is 2.04. The van der Waals surface area contributed by atoms with Crippen LogP contribution in [0.2, 0.25) is 0 Å². The zero-order chi connectivity index (χ0) is 8.31. The molecule has 58 valence electrons. The van der Waals surface area contributed by atoms with E-state index < -0.39 is 23.0 Å². The summed E-state index contributed by atoms with van der Waals surface area (Å²) in [6.45, 7) is 1.42. The molecule has 3 N–H and O–H groups in total. The molecule has 0 bridgehead atoms. The van der Waals surface area contributed by atoms with Gasteiger partial charge < -0.3 is 10.8 Å². The van der Waals surface area contributed by atoms with Crippen LogP contribution < -0.4 is 5.73 Å². The summed E-state index contributed by atoms with van der Waals surface area (Å²) in [6.07, 6.45) is 0. The van der Waals surface area contributed by atoms with Gasteiger partial charge in [-0.15, -0.1) is 12.6 Å². The maximum absolute atomic E-state index is 10.4. The van der Waals surface area contributed by atoms with Crippen LogP contribution in [0.25, 0.3) is 0 Å². The molecule has 0 aliphatic heterocycles. The van der Waals surface area contributed by atoms with Crippen molar-refractivity contribution in [3.05, 3.63) is 0 Å². The van der Waals surface area contributed by atoms with E-state index in [0.29, 0.717) is 0 Å². The predicted octanol–water partition coefficient (Wildman–Crippen LogP) is -0.509. The summed E-state index contributed by atoms with van der Waals surface area (Å²) in [5.74, 6) is -1.92. The van der Waals surface area contributed by atoms with E-state index in [1.807, 2.05) is 0 Å². The van der Waals surface area contributed by atoms with Gasteiger partial charge in [-0.25, -0.2) is 0 Å². The molecule has 0 aromatic carbocycles. The minimum atomic E-state index is -1.19. The van der Waals surface area contributed by atoms with Gasteiger partial charge in [0.1, 0.15) is 6.04 Å². The number of thiol groups is 1. The number of hydrogen-bond acceptors (Lipinski definition) is 3. The molecule has 0 amide bonds. The average molecular weight is 163 g/mol. The summed E-state index contributed by atoms with van der Waals surface area (Å²) in [5.41, 5.74) is 5.09. The Morgan fingerprint density at radius 2 is 2.00 bits per heavy atom. The summed E-state index contributed by atoms with van der Waals surface area (Å²) in [6, 6.07) is -1.15. The second-order valence-electron chi connectivity index (χ2n) is 1.99. The number of carbonyl (C=O) groups is 2. The summed E-state index contributed by atoms with van der Waals surface area (Å²) in [4.78, 5) is 20.5. The Balaban J connectivity index is 4.07. The van der Waals surface area contributed by atoms with Crippen molar-refractivity contribution < 1.29 is 14.7 Å². The summed E-state index contributed by atoms with van der Waals surface area (Å²) < 4.78 is 0. The quantitative estimate of drug-likeness (QED) is 0.489. The van der Waals surface area contributed by atoms with Crippen LogP contribution in [0.1, 0.15) is 6.92 Å². The van der Waals surface area contributed by atoms with Crippen LogP contribution in [-0.2, 0) is 9.59 Å². The fraction of sp³-hybridized carbons (Fsp3) is 0.600. The highest BCUT2D eigenvalue weighted by molar-refractivity contribution is 7.96. The highest BCUT2D eigenvalue weighted by Gasteiger charge is 2.23. The number of nitrogens with two attached hydrogens (primary N) is 1. The van der Waals surface area contributed by atoms with Gasteiger partial charge in [-0.2, -0.15) is 0 Å². The van der Waals surface area contributed by atoms with E-state index in [2.05, 4.69) is 12.6 Å². The standard InChI is InChI=1S/C5H9NO3S/c1-2(5(9)10)3(6)4(7)8/h2-3H,6H2,1H3,(H,7,8)(H,9,10). The second kappa shape index (κ2) is 3.58. The Labute approximate surface area is 63.8 Å². The second-order valence-corrected chi connectivity index (χ2v) is 2.43. The van der Waals surface area contributed by atoms with Crippen LogP contribution in [0.5, 0.6) is 0 Å². The third-order valence-electron chi connectivity index (χ3n) is 1.21. The Hall–Kier alpha value is -0.550. The molecule has 4 nitrogen and oxygen atoms in total. The zero-order valence-corrected chi connectivity index (χ0v) is 6.34. The van der Waals surface area contributed by atoms with Crippen molar-refractivity contribution in [3.63, 3.8) is 0 Å². The normalized spacial score (nSPS) is 15.9. The fourth-order valence-electron chi connectivity index (χ4n) is 0.367. The fourth-order valence-corrected chi connectivity index (χ4v) is 0.528. The first-order chi connectivity index (χ1) is 4.46. The van der Waals surface area contributed by atoms with Gasteiger partial charge in [0.25, 0.3) is 0 Å². The molecule has 0 radical (unpaired) electrons. The molecule has 2 atom stereocenters.